The van der Waals surface area contributed by atoms with Gasteiger partial charge in [0.05, 0.1) is 23.1 Å². The van der Waals surface area contributed by atoms with E-state index in [-0.39, 0.29) is 29.4 Å². The number of rotatable bonds is 3. The third-order valence-electron chi connectivity index (χ3n) is 6.52. The number of amides is 2. The van der Waals surface area contributed by atoms with Crippen LogP contribution in [0, 0.1) is 30.6 Å². The quantitative estimate of drug-likeness (QED) is 0.466. The summed E-state index contributed by atoms with van der Waals surface area (Å²) in [5.41, 5.74) is 1.84. The second kappa shape index (κ2) is 6.30. The molecule has 5 heteroatoms. The molecule has 2 aromatic carbocycles. The van der Waals surface area contributed by atoms with E-state index in [1.165, 1.54) is 4.90 Å². The minimum atomic E-state index is -0.508. The lowest BCUT2D eigenvalue weighted by atomic mass is 9.81. The van der Waals surface area contributed by atoms with E-state index in [1.54, 1.807) is 36.4 Å². The predicted octanol–water partition coefficient (Wildman–Crippen LogP) is 3.75. The van der Waals surface area contributed by atoms with Gasteiger partial charge in [0, 0.05) is 0 Å². The molecule has 2 aliphatic carbocycles. The van der Waals surface area contributed by atoms with Crippen molar-refractivity contribution in [2.24, 2.45) is 23.7 Å². The Morgan fingerprint density at radius 2 is 1.54 bits per heavy atom. The molecule has 2 saturated carbocycles. The highest BCUT2D eigenvalue weighted by atomic mass is 16.5. The van der Waals surface area contributed by atoms with Crippen molar-refractivity contribution >= 4 is 23.5 Å². The van der Waals surface area contributed by atoms with Crippen LogP contribution in [0.25, 0.3) is 0 Å². The van der Waals surface area contributed by atoms with Crippen LogP contribution in [0.15, 0.2) is 48.5 Å². The average molecular weight is 375 g/mol. The van der Waals surface area contributed by atoms with Crippen LogP contribution in [0.2, 0.25) is 0 Å². The van der Waals surface area contributed by atoms with E-state index in [1.807, 2.05) is 19.1 Å². The number of aryl methyl sites for hydroxylation is 1. The fourth-order valence-corrected chi connectivity index (χ4v) is 5.22. The third kappa shape index (κ3) is 2.49. The summed E-state index contributed by atoms with van der Waals surface area (Å²) >= 11 is 0. The van der Waals surface area contributed by atoms with E-state index < -0.39 is 5.97 Å². The van der Waals surface area contributed by atoms with Gasteiger partial charge in [-0.1, -0.05) is 29.8 Å². The number of nitrogens with zero attached hydrogens (tertiary/aromatic N) is 1. The van der Waals surface area contributed by atoms with E-state index in [0.717, 1.165) is 24.8 Å². The third-order valence-corrected chi connectivity index (χ3v) is 6.52. The van der Waals surface area contributed by atoms with E-state index in [2.05, 4.69) is 0 Å². The second-order valence-corrected chi connectivity index (χ2v) is 8.12. The summed E-state index contributed by atoms with van der Waals surface area (Å²) in [6.07, 6.45) is 3.05. The SMILES string of the molecule is Cc1ccc(C(=O)Oc2ccccc2N2C(=O)[C@@H]3[C@@H]4CC[C@@H](C4)[C@@H]3C2=O)cc1. The van der Waals surface area contributed by atoms with Crippen molar-refractivity contribution in [2.45, 2.75) is 26.2 Å². The summed E-state index contributed by atoms with van der Waals surface area (Å²) in [7, 11) is 0. The lowest BCUT2D eigenvalue weighted by molar-refractivity contribution is -0.123. The molecule has 0 aromatic heterocycles. The lowest BCUT2D eigenvalue weighted by Gasteiger charge is -2.20. The number of carbonyl (C=O) groups is 3. The van der Waals surface area contributed by atoms with Gasteiger partial charge in [-0.2, -0.15) is 0 Å². The number of benzene rings is 2. The highest BCUT2D eigenvalue weighted by molar-refractivity contribution is 6.23. The van der Waals surface area contributed by atoms with E-state index in [4.69, 9.17) is 4.74 Å². The van der Waals surface area contributed by atoms with Crippen molar-refractivity contribution < 1.29 is 19.1 Å². The van der Waals surface area contributed by atoms with Gasteiger partial charge in [0.2, 0.25) is 11.8 Å². The summed E-state index contributed by atoms with van der Waals surface area (Å²) in [6.45, 7) is 1.94. The first-order valence-electron chi connectivity index (χ1n) is 9.80. The van der Waals surface area contributed by atoms with Gasteiger partial charge in [0.25, 0.3) is 0 Å². The Hall–Kier alpha value is -2.95. The molecule has 1 saturated heterocycles. The Balaban J connectivity index is 1.46. The minimum absolute atomic E-state index is 0.138. The highest BCUT2D eigenvalue weighted by Gasteiger charge is 2.61. The molecule has 1 aliphatic heterocycles. The van der Waals surface area contributed by atoms with Crippen molar-refractivity contribution in [1.29, 1.82) is 0 Å². The molecule has 0 spiro atoms. The molecule has 0 N–H and O–H groups in total. The Morgan fingerprint density at radius 1 is 0.929 bits per heavy atom. The van der Waals surface area contributed by atoms with E-state index in [0.29, 0.717) is 23.1 Å². The largest absolute Gasteiger partial charge is 0.421 e. The van der Waals surface area contributed by atoms with Crippen LogP contribution in [-0.4, -0.2) is 17.8 Å². The van der Waals surface area contributed by atoms with Gasteiger partial charge in [0.1, 0.15) is 0 Å². The Morgan fingerprint density at radius 3 is 2.18 bits per heavy atom. The number of hydrogen-bond donors (Lipinski definition) is 0. The van der Waals surface area contributed by atoms with Gasteiger partial charge >= 0.3 is 5.97 Å². The summed E-state index contributed by atoms with van der Waals surface area (Å²) in [4.78, 5) is 40.0. The summed E-state index contributed by atoms with van der Waals surface area (Å²) in [5, 5.41) is 0. The monoisotopic (exact) mass is 375 g/mol. The van der Waals surface area contributed by atoms with Gasteiger partial charge in [-0.25, -0.2) is 9.69 Å². The lowest BCUT2D eigenvalue weighted by Crippen LogP contribution is -2.33. The molecule has 3 aliphatic rings. The maximum absolute atomic E-state index is 13.1. The zero-order valence-electron chi connectivity index (χ0n) is 15.6. The van der Waals surface area contributed by atoms with Crippen LogP contribution in [0.1, 0.15) is 35.2 Å². The van der Waals surface area contributed by atoms with Gasteiger partial charge in [-0.15, -0.1) is 0 Å². The van der Waals surface area contributed by atoms with E-state index in [9.17, 15) is 14.4 Å². The summed E-state index contributed by atoms with van der Waals surface area (Å²) < 4.78 is 5.59. The molecular weight excluding hydrogens is 354 g/mol. The first-order valence-corrected chi connectivity index (χ1v) is 9.80. The van der Waals surface area contributed by atoms with Crippen LogP contribution in [0.5, 0.6) is 5.75 Å². The smallest absolute Gasteiger partial charge is 0.343 e. The second-order valence-electron chi connectivity index (χ2n) is 8.12. The molecular formula is C23H21NO4. The maximum atomic E-state index is 13.1. The standard InChI is InChI=1S/C23H21NO4/c1-13-6-8-14(9-7-13)23(27)28-18-5-3-2-4-17(18)24-21(25)19-15-10-11-16(12-15)20(19)22(24)26/h2-9,15-16,19-20H,10-12H2,1H3/t15-,16+,19-,20+. The maximum Gasteiger partial charge on any atom is 0.343 e. The summed E-state index contributed by atoms with van der Waals surface area (Å²) in [5.74, 6) is -0.312. The van der Waals surface area contributed by atoms with Gasteiger partial charge in [-0.05, 0) is 62.3 Å². The van der Waals surface area contributed by atoms with Gasteiger partial charge < -0.3 is 4.74 Å². The zero-order chi connectivity index (χ0) is 19.4. The van der Waals surface area contributed by atoms with Crippen molar-refractivity contribution in [3.8, 4) is 5.75 Å². The fourth-order valence-electron chi connectivity index (χ4n) is 5.22. The Labute approximate surface area is 163 Å². The molecule has 4 atom stereocenters. The molecule has 2 bridgehead atoms. The number of hydrogen-bond acceptors (Lipinski definition) is 4. The van der Waals surface area contributed by atoms with Crippen molar-refractivity contribution in [3.05, 3.63) is 59.7 Å². The molecule has 1 heterocycles. The molecule has 2 amide bonds. The molecule has 0 unspecified atom stereocenters. The topological polar surface area (TPSA) is 63.7 Å². The first kappa shape index (κ1) is 17.2. The molecule has 3 fully saturated rings. The predicted molar refractivity (Wildman–Crippen MR) is 103 cm³/mol. The molecule has 5 nitrogen and oxygen atoms in total. The zero-order valence-corrected chi connectivity index (χ0v) is 15.6. The highest BCUT2D eigenvalue weighted by Crippen LogP contribution is 2.57. The number of fused-ring (bicyclic) bond motifs is 5. The van der Waals surface area contributed by atoms with Crippen LogP contribution in [0.3, 0.4) is 0 Å². The van der Waals surface area contributed by atoms with Gasteiger partial charge in [0.15, 0.2) is 5.75 Å². The number of esters is 1. The fraction of sp³-hybridized carbons (Fsp3) is 0.348. The van der Waals surface area contributed by atoms with Crippen LogP contribution in [0.4, 0.5) is 5.69 Å². The molecule has 0 radical (unpaired) electrons. The first-order chi connectivity index (χ1) is 13.5. The number of carbonyl (C=O) groups excluding carboxylic acids is 3. The number of ether oxygens (including phenoxy) is 1. The normalized spacial score (nSPS) is 28.0. The van der Waals surface area contributed by atoms with Gasteiger partial charge in [-0.3, -0.25) is 9.59 Å². The summed E-state index contributed by atoms with van der Waals surface area (Å²) in [6, 6.07) is 13.9. The molecule has 28 heavy (non-hydrogen) atoms. The number of anilines is 1. The van der Waals surface area contributed by atoms with Crippen LogP contribution >= 0.6 is 0 Å². The number of para-hydroxylation sites is 2. The van der Waals surface area contributed by atoms with Crippen LogP contribution in [-0.2, 0) is 9.59 Å². The molecule has 5 rings (SSSR count). The van der Waals surface area contributed by atoms with Crippen molar-refractivity contribution in [1.82, 2.24) is 0 Å². The van der Waals surface area contributed by atoms with E-state index >= 15 is 0 Å². The molecule has 142 valence electrons. The average Bonchev–Trinajstić information content (AvgIpc) is 3.37. The number of imide groups is 1. The minimum Gasteiger partial charge on any atom is -0.421 e. The van der Waals surface area contributed by atoms with Crippen molar-refractivity contribution in [2.75, 3.05) is 4.90 Å². The Bertz CT molecular complexity index is 952. The van der Waals surface area contributed by atoms with Crippen LogP contribution < -0.4 is 9.64 Å². The van der Waals surface area contributed by atoms with Crippen molar-refractivity contribution in [3.63, 3.8) is 0 Å². The Kier molecular flexibility index (Phi) is 3.86. The molecule has 2 aromatic rings.